The van der Waals surface area contributed by atoms with Gasteiger partial charge in [-0.2, -0.15) is 0 Å². The van der Waals surface area contributed by atoms with Gasteiger partial charge in [0, 0.05) is 12.2 Å². The van der Waals surface area contributed by atoms with E-state index in [1.807, 2.05) is 69.3 Å². The largest absolute Gasteiger partial charge is 0.494 e. The Bertz CT molecular complexity index is 708. The molecule has 2 rings (SSSR count). The molecule has 25 heavy (non-hydrogen) atoms. The number of nitrogens with two attached hydrogens (primary N) is 1. The van der Waals surface area contributed by atoms with Crippen LogP contribution in [0.25, 0.3) is 11.1 Å². The van der Waals surface area contributed by atoms with Crippen LogP contribution in [0.3, 0.4) is 0 Å². The highest BCUT2D eigenvalue weighted by atomic mass is 16.6. The first kappa shape index (κ1) is 18.6. The summed E-state index contributed by atoms with van der Waals surface area (Å²) in [5.41, 5.74) is 8.19. The second-order valence-corrected chi connectivity index (χ2v) is 6.78. The Labute approximate surface area is 149 Å². The summed E-state index contributed by atoms with van der Waals surface area (Å²) in [6.45, 7) is 6.52. The van der Waals surface area contributed by atoms with Crippen molar-refractivity contribution >= 4 is 11.8 Å². The van der Waals surface area contributed by atoms with Crippen LogP contribution in [0.2, 0.25) is 0 Å². The lowest BCUT2D eigenvalue weighted by Gasteiger charge is -2.19. The van der Waals surface area contributed by atoms with Crippen LogP contribution in [0.1, 0.15) is 27.2 Å². The van der Waals surface area contributed by atoms with Crippen LogP contribution in [0.15, 0.2) is 48.5 Å². The third-order valence-electron chi connectivity index (χ3n) is 3.31. The fourth-order valence-electron chi connectivity index (χ4n) is 2.25. The first-order chi connectivity index (χ1) is 11.8. The molecule has 0 aliphatic rings. The lowest BCUT2D eigenvalue weighted by Crippen LogP contribution is -2.33. The summed E-state index contributed by atoms with van der Waals surface area (Å²) in [5, 5.41) is 2.71. The number of ether oxygens (including phenoxy) is 2. The zero-order chi connectivity index (χ0) is 18.3. The summed E-state index contributed by atoms with van der Waals surface area (Å²) >= 11 is 0. The molecule has 2 aromatic rings. The minimum absolute atomic E-state index is 0.406. The number of carbonyl (C=O) groups excluding carboxylic acids is 1. The molecule has 1 amide bonds. The molecule has 3 N–H and O–H groups in total. The van der Waals surface area contributed by atoms with Gasteiger partial charge >= 0.3 is 6.09 Å². The molecule has 0 saturated heterocycles. The molecule has 134 valence electrons. The van der Waals surface area contributed by atoms with Gasteiger partial charge in [0.25, 0.3) is 0 Å². The molecule has 0 spiro atoms. The molecule has 0 atom stereocenters. The Hall–Kier alpha value is -2.69. The van der Waals surface area contributed by atoms with Gasteiger partial charge in [-0.25, -0.2) is 4.79 Å². The predicted molar refractivity (Wildman–Crippen MR) is 101 cm³/mol. The highest BCUT2D eigenvalue weighted by molar-refractivity contribution is 5.68. The lowest BCUT2D eigenvalue weighted by atomic mass is 10.1. The molecular formula is C20H26N2O3. The van der Waals surface area contributed by atoms with Gasteiger partial charge in [0.1, 0.15) is 11.4 Å². The van der Waals surface area contributed by atoms with Crippen LogP contribution in [0.5, 0.6) is 5.75 Å². The van der Waals surface area contributed by atoms with Gasteiger partial charge in [0.15, 0.2) is 0 Å². The van der Waals surface area contributed by atoms with Crippen molar-refractivity contribution in [3.63, 3.8) is 0 Å². The predicted octanol–water partition coefficient (Wildman–Crippen LogP) is 4.23. The van der Waals surface area contributed by atoms with Crippen molar-refractivity contribution in [3.05, 3.63) is 48.5 Å². The third kappa shape index (κ3) is 6.75. The van der Waals surface area contributed by atoms with Crippen molar-refractivity contribution in [3.8, 4) is 16.9 Å². The average Bonchev–Trinajstić information content (AvgIpc) is 2.53. The second kappa shape index (κ2) is 8.42. The zero-order valence-corrected chi connectivity index (χ0v) is 15.0. The quantitative estimate of drug-likeness (QED) is 0.608. The molecular weight excluding hydrogens is 316 g/mol. The van der Waals surface area contributed by atoms with Crippen molar-refractivity contribution in [2.24, 2.45) is 0 Å². The number of nitrogens with one attached hydrogen (secondary N) is 1. The molecule has 0 heterocycles. The number of benzene rings is 2. The molecule has 0 saturated carbocycles. The van der Waals surface area contributed by atoms with E-state index < -0.39 is 11.7 Å². The summed E-state index contributed by atoms with van der Waals surface area (Å²) in [7, 11) is 0. The molecule has 0 radical (unpaired) electrons. The maximum atomic E-state index is 11.5. The molecule has 0 bridgehead atoms. The lowest BCUT2D eigenvalue weighted by molar-refractivity contribution is 0.0525. The number of nitrogen functional groups attached to an aromatic ring is 1. The van der Waals surface area contributed by atoms with Crippen molar-refractivity contribution in [2.75, 3.05) is 18.9 Å². The van der Waals surface area contributed by atoms with Crippen LogP contribution in [-0.4, -0.2) is 24.8 Å². The second-order valence-electron chi connectivity index (χ2n) is 6.78. The first-order valence-electron chi connectivity index (χ1n) is 8.39. The van der Waals surface area contributed by atoms with Gasteiger partial charge in [-0.3, -0.25) is 0 Å². The number of anilines is 1. The summed E-state index contributed by atoms with van der Waals surface area (Å²) in [5.74, 6) is 0.789. The molecule has 0 unspecified atom stereocenters. The summed E-state index contributed by atoms with van der Waals surface area (Å²) < 4.78 is 10.9. The van der Waals surface area contributed by atoms with E-state index >= 15 is 0 Å². The van der Waals surface area contributed by atoms with Gasteiger partial charge in [-0.05, 0) is 62.6 Å². The Morgan fingerprint density at radius 2 is 1.76 bits per heavy atom. The van der Waals surface area contributed by atoms with E-state index in [1.54, 1.807) is 0 Å². The van der Waals surface area contributed by atoms with Crippen LogP contribution in [0.4, 0.5) is 10.5 Å². The van der Waals surface area contributed by atoms with E-state index in [2.05, 4.69) is 5.32 Å². The van der Waals surface area contributed by atoms with E-state index in [0.717, 1.165) is 22.6 Å². The zero-order valence-electron chi connectivity index (χ0n) is 15.0. The Kier molecular flexibility index (Phi) is 6.28. The summed E-state index contributed by atoms with van der Waals surface area (Å²) in [6, 6.07) is 15.6. The Morgan fingerprint density at radius 3 is 2.44 bits per heavy atom. The fourth-order valence-corrected chi connectivity index (χ4v) is 2.25. The smallest absolute Gasteiger partial charge is 0.407 e. The van der Waals surface area contributed by atoms with Gasteiger partial charge in [0.2, 0.25) is 0 Å². The number of alkyl carbamates (subject to hydrolysis) is 1. The molecule has 0 aliphatic carbocycles. The maximum absolute atomic E-state index is 11.5. The Morgan fingerprint density at radius 1 is 1.08 bits per heavy atom. The topological polar surface area (TPSA) is 73.6 Å². The number of hydrogen-bond donors (Lipinski definition) is 2. The van der Waals surface area contributed by atoms with E-state index in [1.165, 1.54) is 0 Å². The minimum atomic E-state index is -0.484. The first-order valence-corrected chi connectivity index (χ1v) is 8.39. The van der Waals surface area contributed by atoms with Crippen molar-refractivity contribution in [1.29, 1.82) is 0 Å². The highest BCUT2D eigenvalue weighted by Gasteiger charge is 2.15. The molecule has 0 fully saturated rings. The van der Waals surface area contributed by atoms with E-state index in [-0.39, 0.29) is 0 Å². The van der Waals surface area contributed by atoms with Gasteiger partial charge < -0.3 is 20.5 Å². The van der Waals surface area contributed by atoms with Crippen molar-refractivity contribution in [1.82, 2.24) is 5.32 Å². The Balaban J connectivity index is 1.78. The third-order valence-corrected chi connectivity index (χ3v) is 3.31. The number of amides is 1. The van der Waals surface area contributed by atoms with E-state index in [4.69, 9.17) is 15.2 Å². The molecule has 5 heteroatoms. The van der Waals surface area contributed by atoms with E-state index in [9.17, 15) is 4.79 Å². The summed E-state index contributed by atoms with van der Waals surface area (Å²) in [6.07, 6.45) is 0.290. The molecule has 0 aliphatic heterocycles. The maximum Gasteiger partial charge on any atom is 0.407 e. The van der Waals surface area contributed by atoms with Gasteiger partial charge in [0.05, 0.1) is 6.61 Å². The standard InChI is InChI=1S/C20H26N2O3/c1-20(2,3)25-19(23)22-11-6-12-24-18-10-5-8-16(14-18)15-7-4-9-17(21)13-15/h4-5,7-10,13-14H,6,11-12,21H2,1-3H3,(H,22,23). The van der Waals surface area contributed by atoms with Crippen LogP contribution >= 0.6 is 0 Å². The van der Waals surface area contributed by atoms with E-state index in [0.29, 0.717) is 19.6 Å². The monoisotopic (exact) mass is 342 g/mol. The molecule has 2 aromatic carbocycles. The van der Waals surface area contributed by atoms with Crippen molar-refractivity contribution in [2.45, 2.75) is 32.8 Å². The average molecular weight is 342 g/mol. The highest BCUT2D eigenvalue weighted by Crippen LogP contribution is 2.25. The molecule has 5 nitrogen and oxygen atoms in total. The fraction of sp³-hybridized carbons (Fsp3) is 0.350. The summed E-state index contributed by atoms with van der Waals surface area (Å²) in [4.78, 5) is 11.5. The minimum Gasteiger partial charge on any atom is -0.494 e. The SMILES string of the molecule is CC(C)(C)OC(=O)NCCCOc1cccc(-c2cccc(N)c2)c1. The van der Waals surface area contributed by atoms with Gasteiger partial charge in [-0.1, -0.05) is 24.3 Å². The van der Waals surface area contributed by atoms with Crippen molar-refractivity contribution < 1.29 is 14.3 Å². The number of hydrogen-bond acceptors (Lipinski definition) is 4. The normalized spacial score (nSPS) is 11.0. The van der Waals surface area contributed by atoms with Crippen LogP contribution in [-0.2, 0) is 4.74 Å². The number of carbonyl (C=O) groups is 1. The molecule has 0 aromatic heterocycles. The van der Waals surface area contributed by atoms with Gasteiger partial charge in [-0.15, -0.1) is 0 Å². The van der Waals surface area contributed by atoms with Crippen LogP contribution < -0.4 is 15.8 Å². The van der Waals surface area contributed by atoms with Crippen LogP contribution in [0, 0.1) is 0 Å². The number of rotatable bonds is 6.